The molecule has 0 fully saturated rings. The number of aromatic nitrogens is 4. The molecule has 108 valence electrons. The lowest BCUT2D eigenvalue weighted by Crippen LogP contribution is -2.21. The van der Waals surface area contributed by atoms with E-state index in [0.29, 0.717) is 5.82 Å². The molecule has 1 heterocycles. The first-order valence-electron chi connectivity index (χ1n) is 6.48. The Balaban J connectivity index is 2.12. The van der Waals surface area contributed by atoms with E-state index in [-0.39, 0.29) is 12.6 Å². The summed E-state index contributed by atoms with van der Waals surface area (Å²) in [6, 6.07) is 6.08. The molecule has 0 radical (unpaired) electrons. The Morgan fingerprint density at radius 2 is 2.25 bits per heavy atom. The standard InChI is InChI=1S/C13H18BrN5O/c1-3-10(15)7-9-5-4-6-11(14)13(9)20-8-12-16-18-19(2)17-12/h4-6,10H,3,7-8,15H2,1-2H3. The van der Waals surface area contributed by atoms with E-state index in [0.717, 1.165) is 28.6 Å². The van der Waals surface area contributed by atoms with Crippen LogP contribution >= 0.6 is 15.9 Å². The van der Waals surface area contributed by atoms with Crippen molar-refractivity contribution in [2.45, 2.75) is 32.4 Å². The second-order valence-electron chi connectivity index (χ2n) is 4.58. The van der Waals surface area contributed by atoms with Crippen molar-refractivity contribution in [3.63, 3.8) is 0 Å². The lowest BCUT2D eigenvalue weighted by Gasteiger charge is -2.15. The Morgan fingerprint density at radius 1 is 1.45 bits per heavy atom. The molecule has 0 aliphatic rings. The summed E-state index contributed by atoms with van der Waals surface area (Å²) < 4.78 is 6.74. The first kappa shape index (κ1) is 14.9. The third kappa shape index (κ3) is 3.77. The molecule has 0 amide bonds. The van der Waals surface area contributed by atoms with E-state index in [2.05, 4.69) is 38.3 Å². The highest BCUT2D eigenvalue weighted by Gasteiger charge is 2.12. The summed E-state index contributed by atoms with van der Waals surface area (Å²) in [6.45, 7) is 2.36. The van der Waals surface area contributed by atoms with Crippen molar-refractivity contribution >= 4 is 15.9 Å². The molecule has 1 aromatic heterocycles. The van der Waals surface area contributed by atoms with Crippen LogP contribution in [0.4, 0.5) is 0 Å². The lowest BCUT2D eigenvalue weighted by molar-refractivity contribution is 0.289. The molecule has 20 heavy (non-hydrogen) atoms. The van der Waals surface area contributed by atoms with Crippen molar-refractivity contribution in [3.05, 3.63) is 34.1 Å². The fourth-order valence-corrected chi connectivity index (χ4v) is 2.34. The number of halogens is 1. The van der Waals surface area contributed by atoms with Crippen LogP contribution in [-0.4, -0.2) is 26.2 Å². The molecule has 0 saturated carbocycles. The van der Waals surface area contributed by atoms with E-state index in [1.54, 1.807) is 7.05 Å². The highest BCUT2D eigenvalue weighted by atomic mass is 79.9. The minimum atomic E-state index is 0.126. The highest BCUT2D eigenvalue weighted by Crippen LogP contribution is 2.30. The largest absolute Gasteiger partial charge is 0.484 e. The van der Waals surface area contributed by atoms with Crippen molar-refractivity contribution < 1.29 is 4.74 Å². The number of nitrogens with zero attached hydrogens (tertiary/aromatic N) is 4. The number of aryl methyl sites for hydroxylation is 1. The summed E-state index contributed by atoms with van der Waals surface area (Å²) in [5, 5.41) is 11.8. The molecule has 6 nitrogen and oxygen atoms in total. The predicted octanol–water partition coefficient (Wildman–Crippen LogP) is 1.83. The van der Waals surface area contributed by atoms with Gasteiger partial charge in [-0.3, -0.25) is 0 Å². The number of nitrogens with two attached hydrogens (primary N) is 1. The molecule has 0 spiro atoms. The predicted molar refractivity (Wildman–Crippen MR) is 79.2 cm³/mol. The summed E-state index contributed by atoms with van der Waals surface area (Å²) in [7, 11) is 1.72. The quantitative estimate of drug-likeness (QED) is 0.868. The average Bonchev–Trinajstić information content (AvgIpc) is 2.83. The van der Waals surface area contributed by atoms with Crippen LogP contribution in [0.15, 0.2) is 22.7 Å². The third-order valence-electron chi connectivity index (χ3n) is 2.95. The zero-order chi connectivity index (χ0) is 14.5. The maximum Gasteiger partial charge on any atom is 0.212 e. The zero-order valence-electron chi connectivity index (χ0n) is 11.6. The SMILES string of the molecule is CCC(N)Cc1cccc(Br)c1OCc1nnn(C)n1. The molecule has 1 unspecified atom stereocenters. The third-order valence-corrected chi connectivity index (χ3v) is 3.57. The number of ether oxygens (including phenoxy) is 1. The molecule has 7 heteroatoms. The van der Waals surface area contributed by atoms with Gasteiger partial charge in [0.25, 0.3) is 0 Å². The Kier molecular flexibility index (Phi) is 5.08. The van der Waals surface area contributed by atoms with Crippen LogP contribution < -0.4 is 10.5 Å². The van der Waals surface area contributed by atoms with Gasteiger partial charge in [0.05, 0.1) is 11.5 Å². The van der Waals surface area contributed by atoms with E-state index in [1.807, 2.05) is 18.2 Å². The summed E-state index contributed by atoms with van der Waals surface area (Å²) >= 11 is 3.51. The molecule has 2 aromatic rings. The highest BCUT2D eigenvalue weighted by molar-refractivity contribution is 9.10. The molecule has 0 bridgehead atoms. The van der Waals surface area contributed by atoms with Crippen molar-refractivity contribution in [1.82, 2.24) is 20.2 Å². The maximum atomic E-state index is 6.03. The van der Waals surface area contributed by atoms with Gasteiger partial charge in [-0.1, -0.05) is 19.1 Å². The zero-order valence-corrected chi connectivity index (χ0v) is 13.2. The van der Waals surface area contributed by atoms with Crippen molar-refractivity contribution in [2.24, 2.45) is 12.8 Å². The molecule has 2 N–H and O–H groups in total. The van der Waals surface area contributed by atoms with Crippen LogP contribution in [0.2, 0.25) is 0 Å². The van der Waals surface area contributed by atoms with E-state index >= 15 is 0 Å². The Labute approximate surface area is 126 Å². The molecule has 2 rings (SSSR count). The first-order chi connectivity index (χ1) is 9.60. The number of hydrogen-bond acceptors (Lipinski definition) is 5. The summed E-state index contributed by atoms with van der Waals surface area (Å²) in [4.78, 5) is 1.41. The number of para-hydroxylation sites is 1. The topological polar surface area (TPSA) is 78.9 Å². The lowest BCUT2D eigenvalue weighted by atomic mass is 10.0. The molecule has 0 saturated heterocycles. The molecule has 0 aliphatic carbocycles. The second-order valence-corrected chi connectivity index (χ2v) is 5.44. The minimum Gasteiger partial charge on any atom is -0.484 e. The second kappa shape index (κ2) is 6.81. The normalized spacial score (nSPS) is 12.4. The van der Waals surface area contributed by atoms with Crippen LogP contribution in [0.25, 0.3) is 0 Å². The van der Waals surface area contributed by atoms with Crippen molar-refractivity contribution in [1.29, 1.82) is 0 Å². The Hall–Kier alpha value is -1.47. The number of hydrogen-bond donors (Lipinski definition) is 1. The van der Waals surface area contributed by atoms with Crippen LogP contribution in [-0.2, 0) is 20.1 Å². The molecular formula is C13H18BrN5O. The van der Waals surface area contributed by atoms with Gasteiger partial charge in [0.2, 0.25) is 5.82 Å². The Morgan fingerprint density at radius 3 is 2.90 bits per heavy atom. The van der Waals surface area contributed by atoms with Crippen LogP contribution in [0.5, 0.6) is 5.75 Å². The average molecular weight is 340 g/mol. The summed E-state index contributed by atoms with van der Waals surface area (Å²) in [5.74, 6) is 1.35. The van der Waals surface area contributed by atoms with Crippen LogP contribution in [0, 0.1) is 0 Å². The van der Waals surface area contributed by atoms with Crippen LogP contribution in [0.3, 0.4) is 0 Å². The number of benzene rings is 1. The Bertz CT molecular complexity index is 572. The number of tetrazole rings is 1. The minimum absolute atomic E-state index is 0.126. The van der Waals surface area contributed by atoms with Gasteiger partial charge in [-0.05, 0) is 45.6 Å². The van der Waals surface area contributed by atoms with Crippen LogP contribution in [0.1, 0.15) is 24.7 Å². The van der Waals surface area contributed by atoms with Gasteiger partial charge in [0.15, 0.2) is 6.61 Å². The van der Waals surface area contributed by atoms with E-state index in [1.165, 1.54) is 4.80 Å². The van der Waals surface area contributed by atoms with Crippen molar-refractivity contribution in [2.75, 3.05) is 0 Å². The fraction of sp³-hybridized carbons (Fsp3) is 0.462. The van der Waals surface area contributed by atoms with Gasteiger partial charge in [-0.25, -0.2) is 0 Å². The van der Waals surface area contributed by atoms with Gasteiger partial charge in [-0.15, -0.1) is 10.2 Å². The van der Waals surface area contributed by atoms with E-state index in [9.17, 15) is 0 Å². The first-order valence-corrected chi connectivity index (χ1v) is 7.28. The monoisotopic (exact) mass is 339 g/mol. The maximum absolute atomic E-state index is 6.03. The molecular weight excluding hydrogens is 322 g/mol. The van der Waals surface area contributed by atoms with Crippen molar-refractivity contribution in [3.8, 4) is 5.75 Å². The molecule has 1 atom stereocenters. The smallest absolute Gasteiger partial charge is 0.212 e. The van der Waals surface area contributed by atoms with Gasteiger partial charge >= 0.3 is 0 Å². The van der Waals surface area contributed by atoms with E-state index in [4.69, 9.17) is 10.5 Å². The summed E-state index contributed by atoms with van der Waals surface area (Å²) in [6.07, 6.45) is 1.71. The molecule has 1 aromatic carbocycles. The van der Waals surface area contributed by atoms with Gasteiger partial charge in [0, 0.05) is 6.04 Å². The fourth-order valence-electron chi connectivity index (χ4n) is 1.82. The summed E-state index contributed by atoms with van der Waals surface area (Å²) in [5.41, 5.74) is 7.11. The van der Waals surface area contributed by atoms with Gasteiger partial charge in [-0.2, -0.15) is 4.80 Å². The molecule has 0 aliphatic heterocycles. The van der Waals surface area contributed by atoms with Gasteiger partial charge in [0.1, 0.15) is 5.75 Å². The van der Waals surface area contributed by atoms with E-state index < -0.39 is 0 Å². The van der Waals surface area contributed by atoms with Gasteiger partial charge < -0.3 is 10.5 Å². The number of rotatable bonds is 6.